The molecule has 0 aliphatic heterocycles. The summed E-state index contributed by atoms with van der Waals surface area (Å²) in [4.78, 5) is 11.9. The molecule has 1 aliphatic carbocycles. The fourth-order valence-corrected chi connectivity index (χ4v) is 4.02. The molecular formula is C16H24O3Si. The topological polar surface area (TPSA) is 35.5 Å². The second kappa shape index (κ2) is 6.10. The summed E-state index contributed by atoms with van der Waals surface area (Å²) in [5.41, 5.74) is 2.56. The molecule has 20 heavy (non-hydrogen) atoms. The average Bonchev–Trinajstić information content (AvgIpc) is 2.66. The number of fused-ring (bicyclic) bond motifs is 1. The first kappa shape index (κ1) is 15.3. The van der Waals surface area contributed by atoms with Gasteiger partial charge < -0.3 is 9.16 Å². The summed E-state index contributed by atoms with van der Waals surface area (Å²) in [6.45, 7) is 8.86. The second-order valence-corrected chi connectivity index (χ2v) is 10.7. The van der Waals surface area contributed by atoms with Crippen LogP contribution in [0.3, 0.4) is 0 Å². The maximum atomic E-state index is 11.9. The minimum atomic E-state index is -1.62. The smallest absolute Gasteiger partial charge is 0.306 e. The van der Waals surface area contributed by atoms with Gasteiger partial charge in [0.2, 0.25) is 0 Å². The maximum absolute atomic E-state index is 11.9. The number of rotatable bonds is 5. The predicted molar refractivity (Wildman–Crippen MR) is 82.4 cm³/mol. The Hall–Kier alpha value is -1.13. The summed E-state index contributed by atoms with van der Waals surface area (Å²) >= 11 is 0. The minimum Gasteiger partial charge on any atom is -0.466 e. The fourth-order valence-electron chi connectivity index (χ4n) is 2.86. The van der Waals surface area contributed by atoms with Crippen molar-refractivity contribution in [3.8, 4) is 0 Å². The third kappa shape index (κ3) is 3.70. The Bertz CT molecular complexity index is 479. The number of carbonyl (C=O) groups is 1. The average molecular weight is 292 g/mol. The first-order valence-electron chi connectivity index (χ1n) is 7.32. The number of esters is 1. The summed E-state index contributed by atoms with van der Waals surface area (Å²) < 4.78 is 11.4. The summed E-state index contributed by atoms with van der Waals surface area (Å²) in [5, 5.41) is 0. The van der Waals surface area contributed by atoms with Gasteiger partial charge in [-0.1, -0.05) is 24.3 Å². The van der Waals surface area contributed by atoms with Crippen molar-refractivity contribution in [3.05, 3.63) is 35.4 Å². The number of hydrogen-bond acceptors (Lipinski definition) is 3. The van der Waals surface area contributed by atoms with Crippen LogP contribution in [0.2, 0.25) is 19.6 Å². The van der Waals surface area contributed by atoms with Crippen molar-refractivity contribution >= 4 is 14.3 Å². The van der Waals surface area contributed by atoms with Crippen LogP contribution in [-0.4, -0.2) is 27.0 Å². The zero-order valence-electron chi connectivity index (χ0n) is 12.8. The number of hydrogen-bond donors (Lipinski definition) is 0. The van der Waals surface area contributed by atoms with Crippen LogP contribution in [0.1, 0.15) is 30.4 Å². The van der Waals surface area contributed by atoms with Gasteiger partial charge in [-0.2, -0.15) is 0 Å². The SMILES string of the molecule is CCOC(=O)C[C@@H]1c2ccccc2C[C@H]1O[Si](C)(C)C. The monoisotopic (exact) mass is 292 g/mol. The number of benzene rings is 1. The number of carbonyl (C=O) groups excluding carboxylic acids is 1. The van der Waals surface area contributed by atoms with Crippen LogP contribution in [0.15, 0.2) is 24.3 Å². The van der Waals surface area contributed by atoms with Crippen molar-refractivity contribution in [2.45, 2.75) is 51.4 Å². The quantitative estimate of drug-likeness (QED) is 0.615. The fraction of sp³-hybridized carbons (Fsp3) is 0.562. The largest absolute Gasteiger partial charge is 0.466 e. The van der Waals surface area contributed by atoms with Crippen molar-refractivity contribution in [2.75, 3.05) is 6.61 Å². The van der Waals surface area contributed by atoms with E-state index in [1.807, 2.05) is 13.0 Å². The van der Waals surface area contributed by atoms with E-state index >= 15 is 0 Å². The maximum Gasteiger partial charge on any atom is 0.306 e. The van der Waals surface area contributed by atoms with Crippen LogP contribution in [0.5, 0.6) is 0 Å². The molecule has 0 unspecified atom stereocenters. The van der Waals surface area contributed by atoms with E-state index in [0.29, 0.717) is 13.0 Å². The Balaban J connectivity index is 2.19. The third-order valence-corrected chi connectivity index (χ3v) is 4.53. The number of ether oxygens (including phenoxy) is 1. The van der Waals surface area contributed by atoms with Crippen molar-refractivity contribution in [3.63, 3.8) is 0 Å². The van der Waals surface area contributed by atoms with Crippen molar-refractivity contribution in [1.82, 2.24) is 0 Å². The van der Waals surface area contributed by atoms with Gasteiger partial charge in [0.15, 0.2) is 8.32 Å². The Morgan fingerprint density at radius 2 is 2.00 bits per heavy atom. The predicted octanol–water partition coefficient (Wildman–Crippen LogP) is 3.50. The molecule has 0 radical (unpaired) electrons. The summed E-state index contributed by atoms with van der Waals surface area (Å²) in [6, 6.07) is 8.35. The van der Waals surface area contributed by atoms with Gasteiger partial charge in [0.1, 0.15) is 0 Å². The molecule has 0 fully saturated rings. The zero-order valence-corrected chi connectivity index (χ0v) is 13.8. The van der Waals surface area contributed by atoms with E-state index < -0.39 is 8.32 Å². The molecule has 3 nitrogen and oxygen atoms in total. The lowest BCUT2D eigenvalue weighted by Gasteiger charge is -2.27. The lowest BCUT2D eigenvalue weighted by atomic mass is 9.96. The highest BCUT2D eigenvalue weighted by molar-refractivity contribution is 6.69. The molecule has 110 valence electrons. The van der Waals surface area contributed by atoms with E-state index in [4.69, 9.17) is 9.16 Å². The van der Waals surface area contributed by atoms with Crippen LogP contribution < -0.4 is 0 Å². The Morgan fingerprint density at radius 1 is 1.30 bits per heavy atom. The molecule has 1 aliphatic rings. The van der Waals surface area contributed by atoms with Crippen LogP contribution >= 0.6 is 0 Å². The lowest BCUT2D eigenvalue weighted by molar-refractivity contribution is -0.144. The van der Waals surface area contributed by atoms with Crippen molar-refractivity contribution < 1.29 is 14.0 Å². The highest BCUT2D eigenvalue weighted by Crippen LogP contribution is 2.38. The second-order valence-electron chi connectivity index (χ2n) is 6.29. The van der Waals surface area contributed by atoms with E-state index in [-0.39, 0.29) is 18.0 Å². The Labute approximate surface area is 122 Å². The zero-order chi connectivity index (χ0) is 14.8. The van der Waals surface area contributed by atoms with Gasteiger partial charge in [0.05, 0.1) is 19.1 Å². The van der Waals surface area contributed by atoms with Gasteiger partial charge in [0.25, 0.3) is 0 Å². The molecule has 0 spiro atoms. The molecule has 0 N–H and O–H groups in total. The first-order valence-corrected chi connectivity index (χ1v) is 10.7. The molecule has 0 amide bonds. The van der Waals surface area contributed by atoms with Crippen molar-refractivity contribution in [2.24, 2.45) is 0 Å². The summed E-state index contributed by atoms with van der Waals surface area (Å²) in [7, 11) is -1.62. The van der Waals surface area contributed by atoms with Gasteiger partial charge >= 0.3 is 5.97 Å². The molecule has 4 heteroatoms. The highest BCUT2D eigenvalue weighted by atomic mass is 28.4. The van der Waals surface area contributed by atoms with E-state index in [0.717, 1.165) is 6.42 Å². The van der Waals surface area contributed by atoms with E-state index in [1.165, 1.54) is 11.1 Å². The molecular weight excluding hydrogens is 268 g/mol. The molecule has 2 atom stereocenters. The van der Waals surface area contributed by atoms with Crippen LogP contribution in [0, 0.1) is 0 Å². The molecule has 2 rings (SSSR count). The van der Waals surface area contributed by atoms with Gasteiger partial charge in [-0.15, -0.1) is 0 Å². The van der Waals surface area contributed by atoms with Gasteiger partial charge in [-0.05, 0) is 44.1 Å². The van der Waals surface area contributed by atoms with E-state index in [2.05, 4.69) is 37.8 Å². The van der Waals surface area contributed by atoms with Crippen LogP contribution in [0.25, 0.3) is 0 Å². The van der Waals surface area contributed by atoms with Crippen LogP contribution in [-0.2, 0) is 20.4 Å². The van der Waals surface area contributed by atoms with Crippen LogP contribution in [0.4, 0.5) is 0 Å². The standard InChI is InChI=1S/C16H24O3Si/c1-5-18-16(17)11-14-13-9-7-6-8-12(13)10-15(14)19-20(2,3)4/h6-9,14-15H,5,10-11H2,1-4H3/t14-,15-/m1/s1. The molecule has 0 saturated heterocycles. The molecule has 0 bridgehead atoms. The van der Waals surface area contributed by atoms with Gasteiger partial charge in [0, 0.05) is 5.92 Å². The minimum absolute atomic E-state index is 0.114. The van der Waals surface area contributed by atoms with Gasteiger partial charge in [-0.3, -0.25) is 4.79 Å². The summed E-state index contributed by atoms with van der Waals surface area (Å²) in [6.07, 6.45) is 1.44. The first-order chi connectivity index (χ1) is 9.40. The third-order valence-electron chi connectivity index (χ3n) is 3.52. The van der Waals surface area contributed by atoms with E-state index in [9.17, 15) is 4.79 Å². The van der Waals surface area contributed by atoms with E-state index in [1.54, 1.807) is 0 Å². The van der Waals surface area contributed by atoms with Crippen molar-refractivity contribution in [1.29, 1.82) is 0 Å². The Morgan fingerprint density at radius 3 is 2.65 bits per heavy atom. The molecule has 0 heterocycles. The van der Waals surface area contributed by atoms with Gasteiger partial charge in [-0.25, -0.2) is 0 Å². The molecule has 1 aromatic rings. The molecule has 1 aromatic carbocycles. The molecule has 0 aromatic heterocycles. The Kier molecular flexibility index (Phi) is 4.65. The highest BCUT2D eigenvalue weighted by Gasteiger charge is 2.37. The normalized spacial score (nSPS) is 21.6. The summed E-state index contributed by atoms with van der Waals surface area (Å²) in [5.74, 6) is 0.00959. The molecule has 0 saturated carbocycles. The lowest BCUT2D eigenvalue weighted by Crippen LogP contribution is -2.35.